The van der Waals surface area contributed by atoms with Crippen molar-refractivity contribution < 1.29 is 4.74 Å². The maximum absolute atomic E-state index is 6.52. The minimum Gasteiger partial charge on any atom is -0.453 e. The van der Waals surface area contributed by atoms with Crippen molar-refractivity contribution >= 4 is 71.3 Å². The predicted octanol–water partition coefficient (Wildman–Crippen LogP) is 15.6. The summed E-state index contributed by atoms with van der Waals surface area (Å²) in [6, 6.07) is 77.3. The van der Waals surface area contributed by atoms with Crippen LogP contribution < -0.4 is 9.64 Å². The zero-order valence-corrected chi connectivity index (χ0v) is 34.0. The number of anilines is 3. The van der Waals surface area contributed by atoms with Gasteiger partial charge in [-0.15, -0.1) is 0 Å². The smallest absolute Gasteiger partial charge is 0.160 e. The van der Waals surface area contributed by atoms with Crippen LogP contribution in [0.4, 0.5) is 17.1 Å². The van der Waals surface area contributed by atoms with Gasteiger partial charge in [-0.25, -0.2) is 9.97 Å². The average molecular weight is 805 g/mol. The SMILES string of the molecule is c1ccc(-c2nc(-c3cccc(-n4c5cc(-c6ccc7c(c6)N(c6ccccc6)c6ccccc6O7)ccc5c5c6ccccc6ccc54)c3)nc3c2ccc2ccccc23)cc1. The molecule has 0 unspecified atom stereocenters. The zero-order chi connectivity index (χ0) is 41.4. The highest BCUT2D eigenvalue weighted by atomic mass is 16.5. The van der Waals surface area contributed by atoms with Gasteiger partial charge in [0.2, 0.25) is 0 Å². The number of ether oxygens (including phenoxy) is 1. The second-order valence-electron chi connectivity index (χ2n) is 16.2. The summed E-state index contributed by atoms with van der Waals surface area (Å²) < 4.78 is 8.93. The summed E-state index contributed by atoms with van der Waals surface area (Å²) in [5.74, 6) is 2.34. The van der Waals surface area contributed by atoms with E-state index in [2.05, 4.69) is 210 Å². The van der Waals surface area contributed by atoms with Gasteiger partial charge < -0.3 is 14.2 Å². The molecule has 5 nitrogen and oxygen atoms in total. The molecule has 0 saturated heterocycles. The standard InChI is InChI=1S/C58H36N4O/c1-3-16-39(17-4-1)56-48-31-26-38-15-8-10-23-46(38)57(48)60-58(59-56)42-18-13-21-44(34-42)62-50-32-28-37-14-7-9-22-45(37)55(50)47-30-27-40(35-51(47)62)41-29-33-54-52(36-41)61(43-19-5-2-6-20-43)49-24-11-12-25-53(49)63-54/h1-36H. The van der Waals surface area contributed by atoms with Gasteiger partial charge in [-0.1, -0.05) is 152 Å². The first-order valence-electron chi connectivity index (χ1n) is 21.3. The van der Waals surface area contributed by atoms with E-state index in [9.17, 15) is 0 Å². The predicted molar refractivity (Wildman–Crippen MR) is 260 cm³/mol. The Balaban J connectivity index is 1.02. The van der Waals surface area contributed by atoms with Crippen molar-refractivity contribution in [1.29, 1.82) is 0 Å². The number of hydrogen-bond acceptors (Lipinski definition) is 4. The van der Waals surface area contributed by atoms with E-state index in [1.165, 1.54) is 21.5 Å². The van der Waals surface area contributed by atoms with Crippen LogP contribution in [0.15, 0.2) is 218 Å². The molecule has 1 aliphatic rings. The Labute approximate surface area is 363 Å². The Morgan fingerprint density at radius 1 is 0.365 bits per heavy atom. The normalized spacial score (nSPS) is 12.2. The maximum Gasteiger partial charge on any atom is 0.160 e. The zero-order valence-electron chi connectivity index (χ0n) is 34.0. The molecule has 0 saturated carbocycles. The fourth-order valence-electron chi connectivity index (χ4n) is 9.63. The molecular weight excluding hydrogens is 769 g/mol. The number of para-hydroxylation sites is 3. The summed E-state index contributed by atoms with van der Waals surface area (Å²) in [7, 11) is 0. The number of nitrogens with zero attached hydrogens (tertiary/aromatic N) is 4. The van der Waals surface area contributed by atoms with Gasteiger partial charge in [-0.3, -0.25) is 0 Å². The van der Waals surface area contributed by atoms with Crippen molar-refractivity contribution in [3.8, 4) is 51.0 Å². The lowest BCUT2D eigenvalue weighted by atomic mass is 9.99. The van der Waals surface area contributed by atoms with E-state index < -0.39 is 0 Å². The van der Waals surface area contributed by atoms with Gasteiger partial charge in [-0.2, -0.15) is 0 Å². The second-order valence-corrected chi connectivity index (χ2v) is 16.2. The van der Waals surface area contributed by atoms with Gasteiger partial charge in [0.05, 0.1) is 33.6 Å². The Morgan fingerprint density at radius 2 is 1.02 bits per heavy atom. The molecule has 12 aromatic rings. The number of hydrogen-bond donors (Lipinski definition) is 0. The van der Waals surface area contributed by atoms with Crippen LogP contribution in [0.5, 0.6) is 11.5 Å². The molecule has 2 aromatic heterocycles. The van der Waals surface area contributed by atoms with E-state index in [0.29, 0.717) is 5.82 Å². The summed E-state index contributed by atoms with van der Waals surface area (Å²) in [6.45, 7) is 0. The van der Waals surface area contributed by atoms with E-state index in [1.54, 1.807) is 0 Å². The van der Waals surface area contributed by atoms with Crippen LogP contribution in [-0.2, 0) is 0 Å². The topological polar surface area (TPSA) is 43.2 Å². The highest BCUT2D eigenvalue weighted by Crippen LogP contribution is 2.51. The molecule has 0 bridgehead atoms. The van der Waals surface area contributed by atoms with Crippen molar-refractivity contribution in [2.45, 2.75) is 0 Å². The molecular formula is C58H36N4O. The van der Waals surface area contributed by atoms with Crippen LogP contribution in [0.2, 0.25) is 0 Å². The van der Waals surface area contributed by atoms with Gasteiger partial charge in [0.1, 0.15) is 0 Å². The fraction of sp³-hybridized carbons (Fsp3) is 0. The lowest BCUT2D eigenvalue weighted by Crippen LogP contribution is -2.15. The Kier molecular flexibility index (Phi) is 7.84. The number of benzene rings is 10. The molecule has 5 heteroatoms. The van der Waals surface area contributed by atoms with E-state index in [0.717, 1.165) is 94.9 Å². The lowest BCUT2D eigenvalue weighted by molar-refractivity contribution is 0.477. The first-order valence-corrected chi connectivity index (χ1v) is 21.3. The van der Waals surface area contributed by atoms with E-state index in [4.69, 9.17) is 14.7 Å². The van der Waals surface area contributed by atoms with Crippen molar-refractivity contribution in [3.05, 3.63) is 218 Å². The minimum atomic E-state index is 0.687. The molecule has 63 heavy (non-hydrogen) atoms. The molecule has 13 rings (SSSR count). The van der Waals surface area contributed by atoms with Crippen LogP contribution in [0.1, 0.15) is 0 Å². The molecule has 0 fully saturated rings. The monoisotopic (exact) mass is 804 g/mol. The third-order valence-corrected chi connectivity index (χ3v) is 12.5. The molecule has 0 N–H and O–H groups in total. The van der Waals surface area contributed by atoms with Crippen LogP contribution in [0.3, 0.4) is 0 Å². The Morgan fingerprint density at radius 3 is 1.89 bits per heavy atom. The first kappa shape index (κ1) is 35.2. The van der Waals surface area contributed by atoms with Gasteiger partial charge in [-0.05, 0) is 94.0 Å². The minimum absolute atomic E-state index is 0.687. The van der Waals surface area contributed by atoms with Crippen LogP contribution >= 0.6 is 0 Å². The van der Waals surface area contributed by atoms with E-state index in [-0.39, 0.29) is 0 Å². The molecule has 10 aromatic carbocycles. The molecule has 3 heterocycles. The first-order chi connectivity index (χ1) is 31.2. The average Bonchev–Trinajstić information content (AvgIpc) is 3.70. The van der Waals surface area contributed by atoms with Crippen LogP contribution in [0.25, 0.3) is 93.7 Å². The molecule has 0 aliphatic carbocycles. The number of rotatable bonds is 5. The quantitative estimate of drug-likeness (QED) is 0.163. The molecule has 0 spiro atoms. The number of aromatic nitrogens is 3. The van der Waals surface area contributed by atoms with E-state index >= 15 is 0 Å². The fourth-order valence-corrected chi connectivity index (χ4v) is 9.63. The van der Waals surface area contributed by atoms with Gasteiger partial charge in [0, 0.05) is 44.0 Å². The van der Waals surface area contributed by atoms with E-state index in [1.807, 2.05) is 18.2 Å². The largest absolute Gasteiger partial charge is 0.453 e. The summed E-state index contributed by atoms with van der Waals surface area (Å²) in [4.78, 5) is 13.0. The molecule has 0 atom stereocenters. The highest BCUT2D eigenvalue weighted by Gasteiger charge is 2.26. The molecule has 294 valence electrons. The van der Waals surface area contributed by atoms with Gasteiger partial charge in [0.15, 0.2) is 17.3 Å². The van der Waals surface area contributed by atoms with Crippen molar-refractivity contribution in [1.82, 2.24) is 14.5 Å². The summed E-state index contributed by atoms with van der Waals surface area (Å²) in [6.07, 6.45) is 0. The van der Waals surface area contributed by atoms with Crippen molar-refractivity contribution in [2.75, 3.05) is 4.90 Å². The van der Waals surface area contributed by atoms with Gasteiger partial charge in [0.25, 0.3) is 0 Å². The molecule has 1 aliphatic heterocycles. The van der Waals surface area contributed by atoms with Crippen LogP contribution in [0, 0.1) is 0 Å². The van der Waals surface area contributed by atoms with Crippen LogP contribution in [-0.4, -0.2) is 14.5 Å². The molecule has 0 radical (unpaired) electrons. The summed E-state index contributed by atoms with van der Waals surface area (Å²) in [5, 5.41) is 8.15. The molecule has 0 amide bonds. The summed E-state index contributed by atoms with van der Waals surface area (Å²) >= 11 is 0. The van der Waals surface area contributed by atoms with Gasteiger partial charge >= 0.3 is 0 Å². The third-order valence-electron chi connectivity index (χ3n) is 12.5. The Hall–Kier alpha value is -8.54. The third kappa shape index (κ3) is 5.64. The Bertz CT molecular complexity index is 3780. The van der Waals surface area contributed by atoms with Crippen molar-refractivity contribution in [3.63, 3.8) is 0 Å². The highest BCUT2D eigenvalue weighted by molar-refractivity contribution is 6.22. The maximum atomic E-state index is 6.52. The lowest BCUT2D eigenvalue weighted by Gasteiger charge is -2.33. The number of fused-ring (bicyclic) bond motifs is 10. The summed E-state index contributed by atoms with van der Waals surface area (Å²) in [5.41, 5.74) is 12.5. The van der Waals surface area contributed by atoms with Crippen molar-refractivity contribution in [2.24, 2.45) is 0 Å². The second kappa shape index (κ2) is 14.0.